The monoisotopic (exact) mass is 715 g/mol. The molecule has 264 valence electrons. The molecular weight excluding hydrogens is 679 g/mol. The van der Waals surface area contributed by atoms with Crippen LogP contribution in [0.1, 0.15) is 0 Å². The lowest BCUT2D eigenvalue weighted by Gasteiger charge is -2.27. The minimum atomic E-state index is 0.880. The summed E-state index contributed by atoms with van der Waals surface area (Å²) in [6, 6.07) is 80.0. The lowest BCUT2D eigenvalue weighted by Crippen LogP contribution is -2.10. The van der Waals surface area contributed by atoms with Gasteiger partial charge in [-0.15, -0.1) is 0 Å². The molecule has 0 aliphatic rings. The molecule has 0 saturated heterocycles. The molecule has 0 bridgehead atoms. The molecule has 0 aliphatic heterocycles. The van der Waals surface area contributed by atoms with Gasteiger partial charge in [-0.25, -0.2) is 0 Å². The third-order valence-corrected chi connectivity index (χ3v) is 10.6. The van der Waals surface area contributed by atoms with Gasteiger partial charge < -0.3 is 9.32 Å². The van der Waals surface area contributed by atoms with Crippen molar-refractivity contribution in [3.8, 4) is 55.6 Å². The number of anilines is 3. The summed E-state index contributed by atoms with van der Waals surface area (Å²) in [7, 11) is 0. The molecule has 2 nitrogen and oxygen atoms in total. The Kier molecular flexibility index (Phi) is 8.55. The maximum Gasteiger partial charge on any atom is 0.143 e. The van der Waals surface area contributed by atoms with Gasteiger partial charge in [0.15, 0.2) is 0 Å². The fourth-order valence-corrected chi connectivity index (χ4v) is 8.03. The molecule has 2 heteroatoms. The molecule has 0 amide bonds. The van der Waals surface area contributed by atoms with E-state index in [0.717, 1.165) is 72.4 Å². The summed E-state index contributed by atoms with van der Waals surface area (Å²) in [5, 5.41) is 2.23. The minimum Gasteiger partial charge on any atom is -0.455 e. The molecule has 0 radical (unpaired) electrons. The second-order valence-electron chi connectivity index (χ2n) is 14.1. The molecule has 0 N–H and O–H groups in total. The van der Waals surface area contributed by atoms with E-state index in [0.29, 0.717) is 0 Å². The molecule has 9 aromatic carbocycles. The van der Waals surface area contributed by atoms with E-state index in [2.05, 4.69) is 223 Å². The van der Waals surface area contributed by atoms with Crippen LogP contribution < -0.4 is 4.90 Å². The average molecular weight is 716 g/mol. The van der Waals surface area contributed by atoms with Gasteiger partial charge in [-0.1, -0.05) is 176 Å². The van der Waals surface area contributed by atoms with E-state index in [4.69, 9.17) is 4.42 Å². The first-order valence-corrected chi connectivity index (χ1v) is 19.1. The number of hydrogen-bond donors (Lipinski definition) is 0. The highest BCUT2D eigenvalue weighted by molar-refractivity contribution is 6.19. The van der Waals surface area contributed by atoms with Gasteiger partial charge in [0, 0.05) is 39.0 Å². The third-order valence-electron chi connectivity index (χ3n) is 10.6. The standard InChI is InChI=1S/C54H37NO/c1-5-18-38(19-6-1)42-26-15-29-45(34-42)55(46-30-16-27-43(35-46)39-20-7-2-8-21-39)47-31-17-28-44(36-47)49-37-50(40-22-9-3-10-23-40)54-53(48-32-13-14-33-51(48)56-54)52(49)41-24-11-4-12-25-41/h1-37H. The molecule has 0 aliphatic carbocycles. The summed E-state index contributed by atoms with van der Waals surface area (Å²) >= 11 is 0. The van der Waals surface area contributed by atoms with Crippen molar-refractivity contribution in [3.05, 3.63) is 224 Å². The van der Waals surface area contributed by atoms with Gasteiger partial charge >= 0.3 is 0 Å². The molecule has 0 atom stereocenters. The Bertz CT molecular complexity index is 2870. The highest BCUT2D eigenvalue weighted by Crippen LogP contribution is 2.48. The zero-order valence-electron chi connectivity index (χ0n) is 30.7. The van der Waals surface area contributed by atoms with Crippen molar-refractivity contribution in [1.29, 1.82) is 0 Å². The van der Waals surface area contributed by atoms with Crippen LogP contribution in [0.15, 0.2) is 229 Å². The van der Waals surface area contributed by atoms with Gasteiger partial charge in [-0.3, -0.25) is 0 Å². The van der Waals surface area contributed by atoms with Gasteiger partial charge in [0.2, 0.25) is 0 Å². The molecule has 10 rings (SSSR count). The number of nitrogens with zero attached hydrogens (tertiary/aromatic N) is 1. The summed E-state index contributed by atoms with van der Waals surface area (Å²) in [6.45, 7) is 0. The molecule has 0 fully saturated rings. The van der Waals surface area contributed by atoms with E-state index in [1.807, 2.05) is 6.07 Å². The number of furan rings is 1. The predicted octanol–water partition coefficient (Wildman–Crippen LogP) is 15.4. The summed E-state index contributed by atoms with van der Waals surface area (Å²) in [6.07, 6.45) is 0. The average Bonchev–Trinajstić information content (AvgIpc) is 3.67. The van der Waals surface area contributed by atoms with Crippen molar-refractivity contribution < 1.29 is 4.42 Å². The Morgan fingerprint density at radius 2 is 0.732 bits per heavy atom. The van der Waals surface area contributed by atoms with Gasteiger partial charge in [-0.2, -0.15) is 0 Å². The Balaban J connectivity index is 1.23. The maximum absolute atomic E-state index is 6.76. The van der Waals surface area contributed by atoms with E-state index >= 15 is 0 Å². The molecule has 10 aromatic rings. The van der Waals surface area contributed by atoms with Crippen LogP contribution >= 0.6 is 0 Å². The number of rotatable bonds is 8. The summed E-state index contributed by atoms with van der Waals surface area (Å²) in [4.78, 5) is 2.38. The zero-order valence-corrected chi connectivity index (χ0v) is 30.7. The van der Waals surface area contributed by atoms with Crippen molar-refractivity contribution in [2.24, 2.45) is 0 Å². The second kappa shape index (κ2) is 14.4. The van der Waals surface area contributed by atoms with Crippen molar-refractivity contribution in [2.75, 3.05) is 4.90 Å². The van der Waals surface area contributed by atoms with E-state index in [9.17, 15) is 0 Å². The van der Waals surface area contributed by atoms with Crippen LogP contribution in [-0.2, 0) is 0 Å². The molecule has 56 heavy (non-hydrogen) atoms. The summed E-state index contributed by atoms with van der Waals surface area (Å²) in [5.74, 6) is 0. The summed E-state index contributed by atoms with van der Waals surface area (Å²) in [5.41, 5.74) is 16.5. The highest BCUT2D eigenvalue weighted by Gasteiger charge is 2.23. The van der Waals surface area contributed by atoms with Gasteiger partial charge in [-0.05, 0) is 93.0 Å². The molecule has 0 spiro atoms. The quantitative estimate of drug-likeness (QED) is 0.156. The highest BCUT2D eigenvalue weighted by atomic mass is 16.3. The first-order chi connectivity index (χ1) is 27.8. The number of para-hydroxylation sites is 1. The predicted molar refractivity (Wildman–Crippen MR) is 236 cm³/mol. The van der Waals surface area contributed by atoms with E-state index in [-0.39, 0.29) is 0 Å². The minimum absolute atomic E-state index is 0.880. The van der Waals surface area contributed by atoms with Crippen molar-refractivity contribution in [1.82, 2.24) is 0 Å². The van der Waals surface area contributed by atoms with Crippen LogP contribution in [0.4, 0.5) is 17.1 Å². The van der Waals surface area contributed by atoms with Crippen molar-refractivity contribution >= 4 is 39.0 Å². The van der Waals surface area contributed by atoms with Crippen LogP contribution in [0.3, 0.4) is 0 Å². The Morgan fingerprint density at radius 3 is 1.29 bits per heavy atom. The molecule has 1 heterocycles. The van der Waals surface area contributed by atoms with Crippen molar-refractivity contribution in [2.45, 2.75) is 0 Å². The Hall–Kier alpha value is -7.42. The Labute approximate surface area is 327 Å². The van der Waals surface area contributed by atoms with Crippen LogP contribution in [0, 0.1) is 0 Å². The van der Waals surface area contributed by atoms with Crippen LogP contribution in [0.25, 0.3) is 77.6 Å². The number of benzene rings is 9. The molecule has 1 aromatic heterocycles. The van der Waals surface area contributed by atoms with Gasteiger partial charge in [0.05, 0.1) is 0 Å². The molecular formula is C54H37NO. The van der Waals surface area contributed by atoms with Crippen LogP contribution in [0.5, 0.6) is 0 Å². The first kappa shape index (κ1) is 33.2. The van der Waals surface area contributed by atoms with E-state index in [1.54, 1.807) is 0 Å². The normalized spacial score (nSPS) is 11.2. The fourth-order valence-electron chi connectivity index (χ4n) is 8.03. The number of hydrogen-bond acceptors (Lipinski definition) is 2. The smallest absolute Gasteiger partial charge is 0.143 e. The topological polar surface area (TPSA) is 16.4 Å². The summed E-state index contributed by atoms with van der Waals surface area (Å²) < 4.78 is 6.76. The van der Waals surface area contributed by atoms with Gasteiger partial charge in [0.1, 0.15) is 11.2 Å². The van der Waals surface area contributed by atoms with Crippen LogP contribution in [0.2, 0.25) is 0 Å². The zero-order chi connectivity index (χ0) is 37.3. The lowest BCUT2D eigenvalue weighted by atomic mass is 9.87. The second-order valence-corrected chi connectivity index (χ2v) is 14.1. The first-order valence-electron chi connectivity index (χ1n) is 19.1. The number of fused-ring (bicyclic) bond motifs is 3. The molecule has 0 saturated carbocycles. The Morgan fingerprint density at radius 1 is 0.304 bits per heavy atom. The fraction of sp³-hybridized carbons (Fsp3) is 0. The SMILES string of the molecule is c1ccc(-c2cccc(N(c3cccc(-c4ccccc4)c3)c3cccc(-c4cc(-c5ccccc5)c5oc6ccccc6c5c4-c4ccccc4)c3)c2)cc1. The van der Waals surface area contributed by atoms with Gasteiger partial charge in [0.25, 0.3) is 0 Å². The van der Waals surface area contributed by atoms with E-state index in [1.165, 1.54) is 22.3 Å². The largest absolute Gasteiger partial charge is 0.455 e. The van der Waals surface area contributed by atoms with E-state index < -0.39 is 0 Å². The lowest BCUT2D eigenvalue weighted by molar-refractivity contribution is 0.670. The maximum atomic E-state index is 6.76. The van der Waals surface area contributed by atoms with Crippen molar-refractivity contribution in [3.63, 3.8) is 0 Å². The third kappa shape index (κ3) is 6.14. The molecule has 0 unspecified atom stereocenters. The van der Waals surface area contributed by atoms with Crippen LogP contribution in [-0.4, -0.2) is 0 Å².